The molecule has 3 nitrogen and oxygen atoms in total. The number of nitrogens with one attached hydrogen (secondary N) is 1. The number of aromatic carboxylic acids is 1. The molecule has 0 spiro atoms. The first-order chi connectivity index (χ1) is 8.97. The molecule has 0 unspecified atom stereocenters. The standard InChI is InChI=1S/C15H14ClNO2/c1-9-3-5-12(16)8-14(9)17-13-6-4-11(15(18)19)7-10(13)2/h3-8,17H,1-2H3,(H,18,19). The van der Waals surface area contributed by atoms with Crippen LogP contribution in [0.25, 0.3) is 0 Å². The van der Waals surface area contributed by atoms with Gasteiger partial charge in [0, 0.05) is 16.4 Å². The van der Waals surface area contributed by atoms with Crippen molar-refractivity contribution in [3.63, 3.8) is 0 Å². The molecule has 0 bridgehead atoms. The Morgan fingerprint density at radius 3 is 2.42 bits per heavy atom. The first-order valence-corrected chi connectivity index (χ1v) is 6.22. The summed E-state index contributed by atoms with van der Waals surface area (Å²) in [6, 6.07) is 10.6. The quantitative estimate of drug-likeness (QED) is 0.873. The third-order valence-corrected chi connectivity index (χ3v) is 3.18. The van der Waals surface area contributed by atoms with Gasteiger partial charge in [-0.2, -0.15) is 0 Å². The van der Waals surface area contributed by atoms with Crippen molar-refractivity contribution in [2.24, 2.45) is 0 Å². The summed E-state index contributed by atoms with van der Waals surface area (Å²) in [6.07, 6.45) is 0. The molecule has 2 rings (SSSR count). The Morgan fingerprint density at radius 2 is 1.79 bits per heavy atom. The van der Waals surface area contributed by atoms with Crippen LogP contribution in [0.1, 0.15) is 21.5 Å². The summed E-state index contributed by atoms with van der Waals surface area (Å²) in [5, 5.41) is 12.9. The van der Waals surface area contributed by atoms with Gasteiger partial charge >= 0.3 is 5.97 Å². The van der Waals surface area contributed by atoms with Gasteiger partial charge in [0.1, 0.15) is 0 Å². The zero-order valence-corrected chi connectivity index (χ0v) is 11.5. The van der Waals surface area contributed by atoms with Gasteiger partial charge in [-0.1, -0.05) is 17.7 Å². The maximum atomic E-state index is 10.9. The van der Waals surface area contributed by atoms with Gasteiger partial charge in [0.15, 0.2) is 0 Å². The van der Waals surface area contributed by atoms with Crippen LogP contribution < -0.4 is 5.32 Å². The molecule has 0 amide bonds. The fourth-order valence-electron chi connectivity index (χ4n) is 1.81. The van der Waals surface area contributed by atoms with E-state index in [4.69, 9.17) is 16.7 Å². The van der Waals surface area contributed by atoms with E-state index >= 15 is 0 Å². The van der Waals surface area contributed by atoms with Crippen molar-refractivity contribution >= 4 is 28.9 Å². The highest BCUT2D eigenvalue weighted by Gasteiger charge is 2.07. The Balaban J connectivity index is 2.33. The minimum atomic E-state index is -0.923. The molecule has 0 fully saturated rings. The number of halogens is 1. The summed E-state index contributed by atoms with van der Waals surface area (Å²) in [6.45, 7) is 3.86. The summed E-state index contributed by atoms with van der Waals surface area (Å²) in [5.41, 5.74) is 4.02. The zero-order valence-electron chi connectivity index (χ0n) is 10.7. The van der Waals surface area contributed by atoms with E-state index in [2.05, 4.69) is 5.32 Å². The average molecular weight is 276 g/mol. The third-order valence-electron chi connectivity index (χ3n) is 2.94. The van der Waals surface area contributed by atoms with E-state index in [0.29, 0.717) is 5.02 Å². The van der Waals surface area contributed by atoms with E-state index in [9.17, 15) is 4.79 Å². The van der Waals surface area contributed by atoms with Crippen LogP contribution in [0, 0.1) is 13.8 Å². The number of carboxylic acids is 1. The highest BCUT2D eigenvalue weighted by atomic mass is 35.5. The van der Waals surface area contributed by atoms with E-state index < -0.39 is 5.97 Å². The second-order valence-electron chi connectivity index (χ2n) is 4.42. The molecule has 0 aliphatic heterocycles. The normalized spacial score (nSPS) is 10.3. The van der Waals surface area contributed by atoms with Crippen LogP contribution in [0.15, 0.2) is 36.4 Å². The van der Waals surface area contributed by atoms with Crippen molar-refractivity contribution in [2.75, 3.05) is 5.32 Å². The maximum absolute atomic E-state index is 10.9. The number of hydrogen-bond donors (Lipinski definition) is 2. The first kappa shape index (κ1) is 13.4. The molecular weight excluding hydrogens is 262 g/mol. The number of benzene rings is 2. The van der Waals surface area contributed by atoms with Gasteiger partial charge in [-0.05, 0) is 55.3 Å². The molecule has 0 heterocycles. The van der Waals surface area contributed by atoms with Crippen LogP contribution in [0.4, 0.5) is 11.4 Å². The first-order valence-electron chi connectivity index (χ1n) is 5.84. The highest BCUT2D eigenvalue weighted by Crippen LogP contribution is 2.26. The lowest BCUT2D eigenvalue weighted by atomic mass is 10.1. The second-order valence-corrected chi connectivity index (χ2v) is 4.86. The molecule has 2 N–H and O–H groups in total. The third kappa shape index (κ3) is 3.06. The lowest BCUT2D eigenvalue weighted by molar-refractivity contribution is 0.0697. The summed E-state index contributed by atoms with van der Waals surface area (Å²) in [7, 11) is 0. The number of aryl methyl sites for hydroxylation is 2. The SMILES string of the molecule is Cc1cc(C(=O)O)ccc1Nc1cc(Cl)ccc1C. The van der Waals surface area contributed by atoms with Gasteiger partial charge in [0.2, 0.25) is 0 Å². The van der Waals surface area contributed by atoms with Crippen LogP contribution in [-0.2, 0) is 0 Å². The summed E-state index contributed by atoms with van der Waals surface area (Å²) >= 11 is 5.97. The topological polar surface area (TPSA) is 49.3 Å². The smallest absolute Gasteiger partial charge is 0.335 e. The Labute approximate surface area is 116 Å². The number of hydrogen-bond acceptors (Lipinski definition) is 2. The molecule has 0 aliphatic carbocycles. The van der Waals surface area contributed by atoms with Gasteiger partial charge in [0.25, 0.3) is 0 Å². The van der Waals surface area contributed by atoms with E-state index in [1.807, 2.05) is 32.0 Å². The minimum Gasteiger partial charge on any atom is -0.478 e. The Hall–Kier alpha value is -2.00. The van der Waals surface area contributed by atoms with Crippen molar-refractivity contribution in [1.29, 1.82) is 0 Å². The molecule has 0 radical (unpaired) electrons. The van der Waals surface area contributed by atoms with E-state index in [1.54, 1.807) is 18.2 Å². The molecule has 0 saturated carbocycles. The molecule has 2 aromatic carbocycles. The van der Waals surface area contributed by atoms with Crippen LogP contribution in [0.2, 0.25) is 5.02 Å². The lowest BCUT2D eigenvalue weighted by Gasteiger charge is -2.12. The molecule has 98 valence electrons. The molecule has 2 aromatic rings. The van der Waals surface area contributed by atoms with Crippen LogP contribution >= 0.6 is 11.6 Å². The number of carbonyl (C=O) groups is 1. The second kappa shape index (κ2) is 5.33. The molecular formula is C15H14ClNO2. The van der Waals surface area contributed by atoms with E-state index in [-0.39, 0.29) is 5.56 Å². The Kier molecular flexibility index (Phi) is 3.76. The number of anilines is 2. The summed E-state index contributed by atoms with van der Waals surface area (Å²) < 4.78 is 0. The summed E-state index contributed by atoms with van der Waals surface area (Å²) in [5.74, 6) is -0.923. The monoisotopic (exact) mass is 275 g/mol. The maximum Gasteiger partial charge on any atom is 0.335 e. The molecule has 4 heteroatoms. The Morgan fingerprint density at radius 1 is 1.05 bits per heavy atom. The van der Waals surface area contributed by atoms with Crippen LogP contribution in [-0.4, -0.2) is 11.1 Å². The van der Waals surface area contributed by atoms with Crippen molar-refractivity contribution in [3.8, 4) is 0 Å². The van der Waals surface area contributed by atoms with Crippen LogP contribution in [0.5, 0.6) is 0 Å². The number of carboxylic acid groups (broad SMARTS) is 1. The molecule has 0 atom stereocenters. The van der Waals surface area contributed by atoms with Gasteiger partial charge in [-0.25, -0.2) is 4.79 Å². The molecule has 0 aromatic heterocycles. The van der Waals surface area contributed by atoms with Crippen molar-refractivity contribution in [3.05, 3.63) is 58.1 Å². The Bertz CT molecular complexity index is 638. The number of rotatable bonds is 3. The minimum absolute atomic E-state index is 0.283. The van der Waals surface area contributed by atoms with Gasteiger partial charge in [-0.3, -0.25) is 0 Å². The lowest BCUT2D eigenvalue weighted by Crippen LogP contribution is -2.00. The predicted octanol–water partition coefficient (Wildman–Crippen LogP) is 4.40. The van der Waals surface area contributed by atoms with Gasteiger partial charge in [-0.15, -0.1) is 0 Å². The van der Waals surface area contributed by atoms with Gasteiger partial charge in [0.05, 0.1) is 5.56 Å². The van der Waals surface area contributed by atoms with Crippen LogP contribution in [0.3, 0.4) is 0 Å². The zero-order chi connectivity index (χ0) is 14.0. The molecule has 0 aliphatic rings. The fraction of sp³-hybridized carbons (Fsp3) is 0.133. The average Bonchev–Trinajstić information content (AvgIpc) is 2.36. The molecule has 0 saturated heterocycles. The predicted molar refractivity (Wildman–Crippen MR) is 77.6 cm³/mol. The van der Waals surface area contributed by atoms with E-state index in [0.717, 1.165) is 22.5 Å². The summed E-state index contributed by atoms with van der Waals surface area (Å²) in [4.78, 5) is 10.9. The van der Waals surface area contributed by atoms with Gasteiger partial charge < -0.3 is 10.4 Å². The van der Waals surface area contributed by atoms with Crippen molar-refractivity contribution < 1.29 is 9.90 Å². The van der Waals surface area contributed by atoms with Crippen molar-refractivity contribution in [2.45, 2.75) is 13.8 Å². The molecule has 19 heavy (non-hydrogen) atoms. The van der Waals surface area contributed by atoms with Crippen molar-refractivity contribution in [1.82, 2.24) is 0 Å². The largest absolute Gasteiger partial charge is 0.478 e. The van der Waals surface area contributed by atoms with E-state index in [1.165, 1.54) is 0 Å². The highest BCUT2D eigenvalue weighted by molar-refractivity contribution is 6.30. The fourth-order valence-corrected chi connectivity index (χ4v) is 1.98.